The molecule has 9 heteroatoms. The number of hydrogen-bond donors (Lipinski definition) is 2. The van der Waals surface area contributed by atoms with Crippen molar-refractivity contribution in [3.63, 3.8) is 0 Å². The zero-order valence-corrected chi connectivity index (χ0v) is 18.1. The SMILES string of the molecule is Cc1cccc(-c2nc(NCc3cccc(F)c3)nc3nn(-c4cc(F)ccc4F)c(N)c23)c1. The molecule has 5 aromatic rings. The number of nitrogens with one attached hydrogen (secondary N) is 1. The minimum atomic E-state index is -0.685. The summed E-state index contributed by atoms with van der Waals surface area (Å²) in [4.78, 5) is 9.08. The molecule has 34 heavy (non-hydrogen) atoms. The number of anilines is 2. The molecule has 0 amide bonds. The number of halogens is 3. The molecule has 0 saturated carbocycles. The number of aromatic nitrogens is 4. The van der Waals surface area contributed by atoms with Gasteiger partial charge >= 0.3 is 0 Å². The Bertz CT molecular complexity index is 1530. The largest absolute Gasteiger partial charge is 0.383 e. The van der Waals surface area contributed by atoms with Crippen LogP contribution in [0.25, 0.3) is 28.0 Å². The van der Waals surface area contributed by atoms with Crippen molar-refractivity contribution in [2.45, 2.75) is 13.5 Å². The summed E-state index contributed by atoms with van der Waals surface area (Å²) < 4.78 is 43.0. The molecule has 3 aromatic carbocycles. The van der Waals surface area contributed by atoms with E-state index in [1.54, 1.807) is 12.1 Å². The lowest BCUT2D eigenvalue weighted by Gasteiger charge is -2.09. The lowest BCUT2D eigenvalue weighted by Crippen LogP contribution is -2.05. The van der Waals surface area contributed by atoms with Crippen molar-refractivity contribution < 1.29 is 13.2 Å². The van der Waals surface area contributed by atoms with Crippen LogP contribution in [0, 0.1) is 24.4 Å². The maximum atomic E-state index is 14.5. The van der Waals surface area contributed by atoms with Crippen LogP contribution < -0.4 is 11.1 Å². The van der Waals surface area contributed by atoms with Crippen LogP contribution in [0.15, 0.2) is 66.7 Å². The van der Waals surface area contributed by atoms with Crippen molar-refractivity contribution in [2.24, 2.45) is 0 Å². The maximum Gasteiger partial charge on any atom is 0.225 e. The van der Waals surface area contributed by atoms with Crippen molar-refractivity contribution in [1.29, 1.82) is 0 Å². The fourth-order valence-electron chi connectivity index (χ4n) is 3.75. The highest BCUT2D eigenvalue weighted by atomic mass is 19.1. The van der Waals surface area contributed by atoms with Gasteiger partial charge in [-0.1, -0.05) is 35.9 Å². The molecule has 0 atom stereocenters. The Morgan fingerprint density at radius 2 is 1.71 bits per heavy atom. The topological polar surface area (TPSA) is 81.7 Å². The van der Waals surface area contributed by atoms with Gasteiger partial charge in [-0.25, -0.2) is 22.8 Å². The summed E-state index contributed by atoms with van der Waals surface area (Å²) in [5.74, 6) is -1.35. The van der Waals surface area contributed by atoms with Gasteiger partial charge in [-0.05, 0) is 42.8 Å². The molecule has 2 heterocycles. The van der Waals surface area contributed by atoms with E-state index in [0.717, 1.165) is 34.0 Å². The smallest absolute Gasteiger partial charge is 0.225 e. The number of nitrogen functional groups attached to an aromatic ring is 1. The highest BCUT2D eigenvalue weighted by molar-refractivity contribution is 5.99. The van der Waals surface area contributed by atoms with Crippen LogP contribution in [0.2, 0.25) is 0 Å². The van der Waals surface area contributed by atoms with Gasteiger partial charge in [0.1, 0.15) is 29.0 Å². The molecule has 0 radical (unpaired) electrons. The zero-order valence-electron chi connectivity index (χ0n) is 18.1. The van der Waals surface area contributed by atoms with Crippen molar-refractivity contribution >= 4 is 22.8 Å². The quantitative estimate of drug-likeness (QED) is 0.367. The molecule has 0 aliphatic rings. The van der Waals surface area contributed by atoms with E-state index in [1.165, 1.54) is 12.1 Å². The minimum Gasteiger partial charge on any atom is -0.383 e. The Morgan fingerprint density at radius 3 is 2.50 bits per heavy atom. The predicted octanol–water partition coefficient (Wildman–Crippen LogP) is 5.40. The highest BCUT2D eigenvalue weighted by Crippen LogP contribution is 2.33. The summed E-state index contributed by atoms with van der Waals surface area (Å²) >= 11 is 0. The van der Waals surface area contributed by atoms with Gasteiger partial charge in [-0.3, -0.25) is 0 Å². The van der Waals surface area contributed by atoms with Crippen LogP contribution in [-0.2, 0) is 6.54 Å². The zero-order chi connectivity index (χ0) is 23.8. The highest BCUT2D eigenvalue weighted by Gasteiger charge is 2.21. The third-order valence-electron chi connectivity index (χ3n) is 5.34. The first-order valence-corrected chi connectivity index (χ1v) is 10.5. The lowest BCUT2D eigenvalue weighted by atomic mass is 10.1. The van der Waals surface area contributed by atoms with E-state index in [0.29, 0.717) is 16.6 Å². The monoisotopic (exact) mass is 460 g/mol. The molecule has 0 saturated heterocycles. The van der Waals surface area contributed by atoms with E-state index in [2.05, 4.69) is 20.4 Å². The van der Waals surface area contributed by atoms with E-state index in [4.69, 9.17) is 5.73 Å². The van der Waals surface area contributed by atoms with Crippen molar-refractivity contribution in [3.8, 4) is 16.9 Å². The molecule has 0 spiro atoms. The molecular weight excluding hydrogens is 441 g/mol. The molecule has 0 aliphatic carbocycles. The van der Waals surface area contributed by atoms with Crippen LogP contribution in [-0.4, -0.2) is 19.7 Å². The minimum absolute atomic E-state index is 0.0766. The Balaban J connectivity index is 1.67. The number of aryl methyl sites for hydroxylation is 1. The molecular formula is C25H19F3N6. The maximum absolute atomic E-state index is 14.5. The van der Waals surface area contributed by atoms with Crippen LogP contribution >= 0.6 is 0 Å². The molecule has 0 bridgehead atoms. The summed E-state index contributed by atoms with van der Waals surface area (Å²) in [5, 5.41) is 7.85. The fraction of sp³-hybridized carbons (Fsp3) is 0.0800. The number of nitrogens with zero attached hydrogens (tertiary/aromatic N) is 4. The molecule has 5 rings (SSSR count). The van der Waals surface area contributed by atoms with Crippen LogP contribution in [0.1, 0.15) is 11.1 Å². The Hall–Kier alpha value is -4.40. The van der Waals surface area contributed by atoms with E-state index >= 15 is 0 Å². The Kier molecular flexibility index (Phi) is 5.37. The van der Waals surface area contributed by atoms with E-state index in [1.807, 2.05) is 31.2 Å². The molecule has 0 unspecified atom stereocenters. The second-order valence-electron chi connectivity index (χ2n) is 7.84. The van der Waals surface area contributed by atoms with E-state index in [-0.39, 0.29) is 35.5 Å². The summed E-state index contributed by atoms with van der Waals surface area (Å²) in [6, 6.07) is 16.8. The van der Waals surface area contributed by atoms with Crippen LogP contribution in [0.3, 0.4) is 0 Å². The van der Waals surface area contributed by atoms with E-state index in [9.17, 15) is 13.2 Å². The van der Waals surface area contributed by atoms with Crippen molar-refractivity contribution in [1.82, 2.24) is 19.7 Å². The van der Waals surface area contributed by atoms with Gasteiger partial charge < -0.3 is 11.1 Å². The predicted molar refractivity (Wildman–Crippen MR) is 125 cm³/mol. The number of nitrogens with two attached hydrogens (primary N) is 1. The average Bonchev–Trinajstić information content (AvgIpc) is 3.15. The Labute approximate surface area is 192 Å². The molecule has 2 aromatic heterocycles. The van der Waals surface area contributed by atoms with Gasteiger partial charge in [0.2, 0.25) is 5.95 Å². The number of benzene rings is 3. The second kappa shape index (κ2) is 8.51. The first-order chi connectivity index (χ1) is 16.4. The normalized spacial score (nSPS) is 11.2. The standard InChI is InChI=1S/C25H19F3N6/c1-14-4-2-6-16(10-14)22-21-23(29)34(20-12-18(27)8-9-19(20)28)33-24(21)32-25(31-22)30-13-15-5-3-7-17(26)11-15/h2-12H,13,29H2,1H3,(H,30,32,33). The number of hydrogen-bond acceptors (Lipinski definition) is 5. The van der Waals surface area contributed by atoms with Gasteiger partial charge in [0.05, 0.1) is 11.1 Å². The fourth-order valence-corrected chi connectivity index (χ4v) is 3.75. The molecule has 0 fully saturated rings. The van der Waals surface area contributed by atoms with Gasteiger partial charge in [0.25, 0.3) is 0 Å². The van der Waals surface area contributed by atoms with Gasteiger partial charge in [-0.2, -0.15) is 4.98 Å². The third-order valence-corrected chi connectivity index (χ3v) is 5.34. The molecule has 3 N–H and O–H groups in total. The van der Waals surface area contributed by atoms with Gasteiger partial charge in [0.15, 0.2) is 5.65 Å². The summed E-state index contributed by atoms with van der Waals surface area (Å²) in [6.07, 6.45) is 0. The summed E-state index contributed by atoms with van der Waals surface area (Å²) in [5.41, 5.74) is 9.37. The van der Waals surface area contributed by atoms with Gasteiger partial charge in [-0.15, -0.1) is 5.10 Å². The Morgan fingerprint density at radius 1 is 0.912 bits per heavy atom. The lowest BCUT2D eigenvalue weighted by molar-refractivity contribution is 0.588. The molecule has 0 aliphatic heterocycles. The third kappa shape index (κ3) is 4.03. The first kappa shape index (κ1) is 21.4. The van der Waals surface area contributed by atoms with Crippen molar-refractivity contribution in [3.05, 3.63) is 95.3 Å². The van der Waals surface area contributed by atoms with Gasteiger partial charge in [0, 0.05) is 18.2 Å². The average molecular weight is 460 g/mol. The first-order valence-electron chi connectivity index (χ1n) is 10.5. The number of rotatable bonds is 5. The second-order valence-corrected chi connectivity index (χ2v) is 7.84. The summed E-state index contributed by atoms with van der Waals surface area (Å²) in [7, 11) is 0. The number of fused-ring (bicyclic) bond motifs is 1. The molecule has 170 valence electrons. The summed E-state index contributed by atoms with van der Waals surface area (Å²) in [6.45, 7) is 2.21. The van der Waals surface area contributed by atoms with E-state index < -0.39 is 11.6 Å². The van der Waals surface area contributed by atoms with Crippen LogP contribution in [0.5, 0.6) is 0 Å². The van der Waals surface area contributed by atoms with Crippen LogP contribution in [0.4, 0.5) is 24.9 Å². The molecule has 6 nitrogen and oxygen atoms in total. The van der Waals surface area contributed by atoms with Crippen molar-refractivity contribution in [2.75, 3.05) is 11.1 Å².